The number of para-hydroxylation sites is 1. The Kier molecular flexibility index (Phi) is 5.35. The van der Waals surface area contributed by atoms with Crippen LogP contribution in [-0.4, -0.2) is 26.1 Å². The van der Waals surface area contributed by atoms with Crippen molar-refractivity contribution in [2.75, 3.05) is 5.75 Å². The number of thioether (sulfide) groups is 1. The van der Waals surface area contributed by atoms with Gasteiger partial charge in [0.2, 0.25) is 0 Å². The molecule has 0 unspecified atom stereocenters. The Balaban J connectivity index is 1.59. The van der Waals surface area contributed by atoms with Gasteiger partial charge in [-0.1, -0.05) is 30.0 Å². The zero-order chi connectivity index (χ0) is 21.4. The van der Waals surface area contributed by atoms with Crippen LogP contribution in [0.15, 0.2) is 58.5 Å². The Labute approximate surface area is 179 Å². The van der Waals surface area contributed by atoms with Crippen LogP contribution in [-0.2, 0) is 0 Å². The monoisotopic (exact) mass is 417 g/mol. The second kappa shape index (κ2) is 7.95. The summed E-state index contributed by atoms with van der Waals surface area (Å²) in [6.45, 7) is 8.16. The maximum absolute atomic E-state index is 13.0. The number of aromatic nitrogens is 3. The number of ketones is 1. The van der Waals surface area contributed by atoms with Gasteiger partial charge in [0.15, 0.2) is 10.9 Å². The van der Waals surface area contributed by atoms with Gasteiger partial charge in [-0.15, -0.1) is 0 Å². The summed E-state index contributed by atoms with van der Waals surface area (Å²) in [5.41, 5.74) is 6.58. The molecule has 0 spiro atoms. The molecule has 0 saturated carbocycles. The average Bonchev–Trinajstić information content (AvgIpc) is 3.02. The van der Waals surface area contributed by atoms with E-state index in [-0.39, 0.29) is 17.1 Å². The lowest BCUT2D eigenvalue weighted by Crippen LogP contribution is -2.11. The maximum atomic E-state index is 13.0. The third-order valence-electron chi connectivity index (χ3n) is 5.41. The SMILES string of the molecule is Cc1ccc(-n2c(C)cc(C(=O)CSc3nc4ccccc4c(=O)[nH]3)c2C)cc1C. The van der Waals surface area contributed by atoms with E-state index in [1.54, 1.807) is 18.2 Å². The van der Waals surface area contributed by atoms with Crippen molar-refractivity contribution in [1.82, 2.24) is 14.5 Å². The molecule has 1 N–H and O–H groups in total. The van der Waals surface area contributed by atoms with E-state index in [0.29, 0.717) is 21.6 Å². The van der Waals surface area contributed by atoms with E-state index in [2.05, 4.69) is 46.6 Å². The van der Waals surface area contributed by atoms with Crippen LogP contribution in [0.3, 0.4) is 0 Å². The predicted octanol–water partition coefficient (Wildman–Crippen LogP) is 4.92. The van der Waals surface area contributed by atoms with Crippen molar-refractivity contribution in [1.29, 1.82) is 0 Å². The third kappa shape index (κ3) is 3.71. The van der Waals surface area contributed by atoms with Crippen LogP contribution < -0.4 is 5.56 Å². The molecule has 30 heavy (non-hydrogen) atoms. The molecule has 4 rings (SSSR count). The number of carbonyl (C=O) groups is 1. The highest BCUT2D eigenvalue weighted by Gasteiger charge is 2.18. The van der Waals surface area contributed by atoms with E-state index in [1.807, 2.05) is 26.0 Å². The van der Waals surface area contributed by atoms with E-state index >= 15 is 0 Å². The molecular formula is C24H23N3O2S. The van der Waals surface area contributed by atoms with Gasteiger partial charge in [-0.3, -0.25) is 9.59 Å². The quantitative estimate of drug-likeness (QED) is 0.284. The number of carbonyl (C=O) groups excluding carboxylic acids is 1. The van der Waals surface area contributed by atoms with Crippen molar-refractivity contribution in [3.8, 4) is 5.69 Å². The third-order valence-corrected chi connectivity index (χ3v) is 6.28. The van der Waals surface area contributed by atoms with Crippen LogP contribution in [0.2, 0.25) is 0 Å². The van der Waals surface area contributed by atoms with Gasteiger partial charge in [0.05, 0.1) is 16.7 Å². The Hall–Kier alpha value is -3.12. The molecule has 0 saturated heterocycles. The van der Waals surface area contributed by atoms with Crippen molar-refractivity contribution >= 4 is 28.4 Å². The topological polar surface area (TPSA) is 67.8 Å². The largest absolute Gasteiger partial charge is 0.318 e. The molecule has 0 fully saturated rings. The standard InChI is InChI=1S/C24H23N3O2S/c1-14-9-10-18(11-15(14)2)27-16(3)12-20(17(27)4)22(28)13-30-24-25-21-8-6-5-7-19(21)23(29)26-24/h5-12H,13H2,1-4H3,(H,25,26,29). The van der Waals surface area contributed by atoms with E-state index in [4.69, 9.17) is 0 Å². The number of aromatic amines is 1. The predicted molar refractivity (Wildman–Crippen MR) is 122 cm³/mol. The molecule has 4 aromatic rings. The van der Waals surface area contributed by atoms with Gasteiger partial charge < -0.3 is 9.55 Å². The van der Waals surface area contributed by atoms with Gasteiger partial charge in [-0.25, -0.2) is 4.98 Å². The first-order valence-electron chi connectivity index (χ1n) is 9.77. The van der Waals surface area contributed by atoms with Gasteiger partial charge in [0.25, 0.3) is 5.56 Å². The van der Waals surface area contributed by atoms with Crippen molar-refractivity contribution in [2.24, 2.45) is 0 Å². The minimum atomic E-state index is -0.191. The first kappa shape index (κ1) is 20.2. The summed E-state index contributed by atoms with van der Waals surface area (Å²) in [5.74, 6) is 0.220. The van der Waals surface area contributed by atoms with Crippen molar-refractivity contribution in [3.63, 3.8) is 0 Å². The number of aryl methyl sites for hydroxylation is 3. The zero-order valence-electron chi connectivity index (χ0n) is 17.4. The van der Waals surface area contributed by atoms with E-state index < -0.39 is 0 Å². The lowest BCUT2D eigenvalue weighted by atomic mass is 10.1. The van der Waals surface area contributed by atoms with Crippen LogP contribution >= 0.6 is 11.8 Å². The lowest BCUT2D eigenvalue weighted by Gasteiger charge is -2.12. The number of rotatable bonds is 5. The number of hydrogen-bond donors (Lipinski definition) is 1. The van der Waals surface area contributed by atoms with Gasteiger partial charge in [-0.05, 0) is 69.2 Å². The summed E-state index contributed by atoms with van der Waals surface area (Å²) in [5, 5.41) is 1.00. The Morgan fingerprint density at radius 3 is 2.57 bits per heavy atom. The average molecular weight is 418 g/mol. The molecule has 0 aliphatic rings. The molecule has 0 atom stereocenters. The minimum absolute atomic E-state index is 0.0130. The number of nitrogens with one attached hydrogen (secondary N) is 1. The van der Waals surface area contributed by atoms with E-state index in [1.165, 1.54) is 22.9 Å². The number of hydrogen-bond acceptors (Lipinski definition) is 4. The summed E-state index contributed by atoms with van der Waals surface area (Å²) in [6.07, 6.45) is 0. The number of nitrogens with zero attached hydrogens (tertiary/aromatic N) is 2. The molecule has 152 valence electrons. The van der Waals surface area contributed by atoms with Crippen LogP contribution in [0.4, 0.5) is 0 Å². The highest BCUT2D eigenvalue weighted by molar-refractivity contribution is 7.99. The Morgan fingerprint density at radius 1 is 1.03 bits per heavy atom. The summed E-state index contributed by atoms with van der Waals surface area (Å²) in [7, 11) is 0. The highest BCUT2D eigenvalue weighted by Crippen LogP contribution is 2.25. The summed E-state index contributed by atoms with van der Waals surface area (Å²) in [6, 6.07) is 15.4. The van der Waals surface area contributed by atoms with Crippen LogP contribution in [0.25, 0.3) is 16.6 Å². The molecule has 0 radical (unpaired) electrons. The molecule has 0 aliphatic carbocycles. The molecule has 0 bridgehead atoms. The summed E-state index contributed by atoms with van der Waals surface area (Å²) < 4.78 is 2.11. The number of Topliss-reactive ketones (excluding diaryl/α,β-unsaturated/α-hetero) is 1. The maximum Gasteiger partial charge on any atom is 0.259 e. The van der Waals surface area contributed by atoms with Gasteiger partial charge in [0, 0.05) is 22.6 Å². The highest BCUT2D eigenvalue weighted by atomic mass is 32.2. The minimum Gasteiger partial charge on any atom is -0.318 e. The number of H-pyrrole nitrogens is 1. The van der Waals surface area contributed by atoms with E-state index in [9.17, 15) is 9.59 Å². The van der Waals surface area contributed by atoms with Crippen LogP contribution in [0, 0.1) is 27.7 Å². The van der Waals surface area contributed by atoms with Crippen molar-refractivity contribution in [2.45, 2.75) is 32.9 Å². The molecule has 2 heterocycles. The zero-order valence-corrected chi connectivity index (χ0v) is 18.3. The lowest BCUT2D eigenvalue weighted by molar-refractivity contribution is 0.102. The summed E-state index contributed by atoms with van der Waals surface area (Å²) >= 11 is 1.25. The molecule has 2 aromatic carbocycles. The fraction of sp³-hybridized carbons (Fsp3) is 0.208. The van der Waals surface area contributed by atoms with Crippen LogP contribution in [0.5, 0.6) is 0 Å². The fourth-order valence-corrected chi connectivity index (χ4v) is 4.40. The molecule has 2 aromatic heterocycles. The smallest absolute Gasteiger partial charge is 0.259 e. The molecule has 0 aliphatic heterocycles. The van der Waals surface area contributed by atoms with Gasteiger partial charge in [-0.2, -0.15) is 0 Å². The second-order valence-corrected chi connectivity index (χ2v) is 8.45. The second-order valence-electron chi connectivity index (χ2n) is 7.49. The van der Waals surface area contributed by atoms with Crippen LogP contribution in [0.1, 0.15) is 32.9 Å². The number of benzene rings is 2. The fourth-order valence-electron chi connectivity index (χ4n) is 3.65. The Bertz CT molecular complexity index is 1330. The van der Waals surface area contributed by atoms with Crippen molar-refractivity contribution < 1.29 is 4.79 Å². The van der Waals surface area contributed by atoms with Gasteiger partial charge >= 0.3 is 0 Å². The first-order valence-corrected chi connectivity index (χ1v) is 10.8. The molecule has 5 nitrogen and oxygen atoms in total. The van der Waals surface area contributed by atoms with E-state index in [0.717, 1.165) is 17.1 Å². The molecule has 0 amide bonds. The molecule has 6 heteroatoms. The summed E-state index contributed by atoms with van der Waals surface area (Å²) in [4.78, 5) is 32.4. The first-order chi connectivity index (χ1) is 14.3. The normalized spacial score (nSPS) is 11.2. The molecular weight excluding hydrogens is 394 g/mol. The van der Waals surface area contributed by atoms with Crippen molar-refractivity contribution in [3.05, 3.63) is 87.0 Å². The number of fused-ring (bicyclic) bond motifs is 1. The Morgan fingerprint density at radius 2 is 1.80 bits per heavy atom. The van der Waals surface area contributed by atoms with Gasteiger partial charge in [0.1, 0.15) is 0 Å².